The average Bonchev–Trinajstić information content (AvgIpc) is 3.21. The van der Waals surface area contributed by atoms with Crippen LogP contribution in [0, 0.1) is 5.82 Å². The van der Waals surface area contributed by atoms with Gasteiger partial charge in [0, 0.05) is 30.3 Å². The van der Waals surface area contributed by atoms with Crippen molar-refractivity contribution in [1.29, 1.82) is 0 Å². The summed E-state index contributed by atoms with van der Waals surface area (Å²) in [4.78, 5) is 37.0. The summed E-state index contributed by atoms with van der Waals surface area (Å²) in [6.07, 6.45) is 5.59. The van der Waals surface area contributed by atoms with Crippen molar-refractivity contribution in [3.63, 3.8) is 0 Å². The van der Waals surface area contributed by atoms with Gasteiger partial charge in [-0.2, -0.15) is 0 Å². The van der Waals surface area contributed by atoms with E-state index < -0.39 is 5.41 Å². The second-order valence-electron chi connectivity index (χ2n) is 8.51. The summed E-state index contributed by atoms with van der Waals surface area (Å²) < 4.78 is 14.4. The molecular formula is C23H28FN3O3. The van der Waals surface area contributed by atoms with Gasteiger partial charge in [-0.15, -0.1) is 0 Å². The fourth-order valence-electron chi connectivity index (χ4n) is 3.66. The lowest BCUT2D eigenvalue weighted by Gasteiger charge is -2.25. The maximum Gasteiger partial charge on any atom is 0.252 e. The molecule has 1 fully saturated rings. The van der Waals surface area contributed by atoms with Crippen LogP contribution in [0.5, 0.6) is 0 Å². The number of nitrogens with one attached hydrogen (secondary N) is 2. The van der Waals surface area contributed by atoms with E-state index >= 15 is 0 Å². The molecule has 0 bridgehead atoms. The van der Waals surface area contributed by atoms with Crippen LogP contribution in [-0.2, 0) is 16.8 Å². The highest BCUT2D eigenvalue weighted by Gasteiger charge is 2.22. The van der Waals surface area contributed by atoms with Crippen molar-refractivity contribution in [3.05, 3.63) is 69.9 Å². The van der Waals surface area contributed by atoms with Crippen LogP contribution < -0.4 is 16.2 Å². The van der Waals surface area contributed by atoms with E-state index in [2.05, 4.69) is 10.6 Å². The summed E-state index contributed by atoms with van der Waals surface area (Å²) in [5.41, 5.74) is 0.505. The Morgan fingerprint density at radius 1 is 1.10 bits per heavy atom. The van der Waals surface area contributed by atoms with E-state index in [1.54, 1.807) is 12.1 Å². The first-order chi connectivity index (χ1) is 14.2. The number of carbonyl (C=O) groups excluding carboxylic acids is 2. The van der Waals surface area contributed by atoms with E-state index in [1.807, 2.05) is 13.8 Å². The van der Waals surface area contributed by atoms with E-state index in [0.717, 1.165) is 31.2 Å². The first-order valence-electron chi connectivity index (χ1n) is 10.3. The Balaban J connectivity index is 1.60. The Kier molecular flexibility index (Phi) is 6.70. The van der Waals surface area contributed by atoms with E-state index in [-0.39, 0.29) is 35.8 Å². The van der Waals surface area contributed by atoms with Crippen LogP contribution in [0.25, 0.3) is 0 Å². The SMILES string of the molecule is CC(C)(CNC(=O)Cn1cc(C(=O)NC2CCCC2)ccc1=O)c1ccc(F)cc1. The topological polar surface area (TPSA) is 80.2 Å². The smallest absolute Gasteiger partial charge is 0.252 e. The molecule has 0 saturated heterocycles. The summed E-state index contributed by atoms with van der Waals surface area (Å²) in [5.74, 6) is -0.871. The maximum absolute atomic E-state index is 13.1. The minimum Gasteiger partial charge on any atom is -0.354 e. The van der Waals surface area contributed by atoms with Crippen LogP contribution in [0.4, 0.5) is 4.39 Å². The predicted molar refractivity (Wildman–Crippen MR) is 113 cm³/mol. The third-order valence-electron chi connectivity index (χ3n) is 5.60. The van der Waals surface area contributed by atoms with Crippen molar-refractivity contribution >= 4 is 11.8 Å². The van der Waals surface area contributed by atoms with Crippen LogP contribution in [0.3, 0.4) is 0 Å². The van der Waals surface area contributed by atoms with Crippen LogP contribution in [-0.4, -0.2) is 29.0 Å². The number of hydrogen-bond donors (Lipinski definition) is 2. The maximum atomic E-state index is 13.1. The van der Waals surface area contributed by atoms with E-state index in [4.69, 9.17) is 0 Å². The van der Waals surface area contributed by atoms with Crippen LogP contribution in [0.2, 0.25) is 0 Å². The zero-order valence-corrected chi connectivity index (χ0v) is 17.4. The summed E-state index contributed by atoms with van der Waals surface area (Å²) in [6.45, 7) is 4.04. The largest absolute Gasteiger partial charge is 0.354 e. The van der Waals surface area contributed by atoms with Gasteiger partial charge in [0.15, 0.2) is 0 Å². The minimum atomic E-state index is -0.405. The second kappa shape index (κ2) is 9.24. The van der Waals surface area contributed by atoms with Gasteiger partial charge in [0.1, 0.15) is 12.4 Å². The molecule has 1 aromatic heterocycles. The monoisotopic (exact) mass is 413 g/mol. The molecule has 1 aliphatic rings. The Morgan fingerprint density at radius 2 is 1.77 bits per heavy atom. The predicted octanol–water partition coefficient (Wildman–Crippen LogP) is 2.75. The summed E-state index contributed by atoms with van der Waals surface area (Å²) in [5, 5.41) is 5.81. The molecule has 1 heterocycles. The van der Waals surface area contributed by atoms with Crippen LogP contribution in [0.15, 0.2) is 47.4 Å². The molecular weight excluding hydrogens is 385 g/mol. The number of rotatable bonds is 7. The number of amides is 2. The first kappa shape index (κ1) is 21.7. The number of benzene rings is 1. The Bertz CT molecular complexity index is 960. The lowest BCUT2D eigenvalue weighted by atomic mass is 9.84. The van der Waals surface area contributed by atoms with E-state index in [0.29, 0.717) is 12.1 Å². The number of halogens is 1. The highest BCUT2D eigenvalue weighted by atomic mass is 19.1. The fourth-order valence-corrected chi connectivity index (χ4v) is 3.66. The lowest BCUT2D eigenvalue weighted by Crippen LogP contribution is -2.40. The van der Waals surface area contributed by atoms with Crippen LogP contribution >= 0.6 is 0 Å². The summed E-state index contributed by atoms with van der Waals surface area (Å²) in [7, 11) is 0. The second-order valence-corrected chi connectivity index (χ2v) is 8.51. The van der Waals surface area contributed by atoms with E-state index in [9.17, 15) is 18.8 Å². The molecule has 0 spiro atoms. The summed E-state index contributed by atoms with van der Waals surface area (Å²) in [6, 6.07) is 9.13. The summed E-state index contributed by atoms with van der Waals surface area (Å²) >= 11 is 0. The molecule has 6 nitrogen and oxygen atoms in total. The van der Waals surface area contributed by atoms with Crippen molar-refractivity contribution in [2.75, 3.05) is 6.54 Å². The Hall–Kier alpha value is -2.96. The van der Waals surface area contributed by atoms with Gasteiger partial charge in [-0.3, -0.25) is 14.4 Å². The third-order valence-corrected chi connectivity index (χ3v) is 5.60. The normalized spacial score (nSPS) is 14.5. The fraction of sp³-hybridized carbons (Fsp3) is 0.435. The molecule has 1 aromatic carbocycles. The molecule has 2 aromatic rings. The molecule has 0 unspecified atom stereocenters. The lowest BCUT2D eigenvalue weighted by molar-refractivity contribution is -0.121. The third kappa shape index (κ3) is 5.55. The van der Waals surface area contributed by atoms with E-state index in [1.165, 1.54) is 35.0 Å². The van der Waals surface area contributed by atoms with Gasteiger partial charge in [-0.25, -0.2) is 4.39 Å². The molecule has 160 valence electrons. The molecule has 1 aliphatic carbocycles. The van der Waals surface area contributed by atoms with Crippen molar-refractivity contribution in [3.8, 4) is 0 Å². The van der Waals surface area contributed by atoms with Gasteiger partial charge in [0.2, 0.25) is 5.91 Å². The first-order valence-corrected chi connectivity index (χ1v) is 10.3. The number of aromatic nitrogens is 1. The Labute approximate surface area is 175 Å². The molecule has 3 rings (SSSR count). The molecule has 1 saturated carbocycles. The van der Waals surface area contributed by atoms with Crippen molar-refractivity contribution < 1.29 is 14.0 Å². The molecule has 0 radical (unpaired) electrons. The van der Waals surface area contributed by atoms with Gasteiger partial charge in [0.25, 0.3) is 11.5 Å². The highest BCUT2D eigenvalue weighted by Crippen LogP contribution is 2.22. The molecule has 2 amide bonds. The van der Waals surface area contributed by atoms with Crippen molar-refractivity contribution in [2.24, 2.45) is 0 Å². The standard InChI is InChI=1S/C23H28FN3O3/c1-23(2,17-8-10-18(24)11-9-17)15-25-20(28)14-27-13-16(7-12-21(27)29)22(30)26-19-5-3-4-6-19/h7-13,19H,3-6,14-15H2,1-2H3,(H,25,28)(H,26,30). The van der Waals surface area contributed by atoms with Gasteiger partial charge >= 0.3 is 0 Å². The van der Waals surface area contributed by atoms with Crippen molar-refractivity contribution in [1.82, 2.24) is 15.2 Å². The van der Waals surface area contributed by atoms with Gasteiger partial charge in [-0.1, -0.05) is 38.8 Å². The number of pyridine rings is 1. The zero-order chi connectivity index (χ0) is 21.7. The quantitative estimate of drug-likeness (QED) is 0.733. The molecule has 2 N–H and O–H groups in total. The van der Waals surface area contributed by atoms with Gasteiger partial charge < -0.3 is 15.2 Å². The Morgan fingerprint density at radius 3 is 2.43 bits per heavy atom. The zero-order valence-electron chi connectivity index (χ0n) is 17.4. The van der Waals surface area contributed by atoms with Crippen LogP contribution in [0.1, 0.15) is 55.5 Å². The molecule has 7 heteroatoms. The van der Waals surface area contributed by atoms with Crippen molar-refractivity contribution in [2.45, 2.75) is 57.5 Å². The highest BCUT2D eigenvalue weighted by molar-refractivity contribution is 5.94. The molecule has 30 heavy (non-hydrogen) atoms. The minimum absolute atomic E-state index is 0.176. The molecule has 0 atom stereocenters. The number of hydrogen-bond acceptors (Lipinski definition) is 3. The number of carbonyl (C=O) groups is 2. The average molecular weight is 413 g/mol. The van der Waals surface area contributed by atoms with Gasteiger partial charge in [0.05, 0.1) is 5.56 Å². The van der Waals surface area contributed by atoms with Gasteiger partial charge in [-0.05, 0) is 36.6 Å². The number of nitrogens with zero attached hydrogens (tertiary/aromatic N) is 1. The molecule has 0 aliphatic heterocycles.